The van der Waals surface area contributed by atoms with Crippen LogP contribution in [0.15, 0.2) is 53.0 Å². The summed E-state index contributed by atoms with van der Waals surface area (Å²) in [6, 6.07) is 15.1. The Morgan fingerprint density at radius 1 is 1.06 bits per heavy atom. The van der Waals surface area contributed by atoms with Crippen LogP contribution in [-0.2, 0) is 6.54 Å². The fourth-order valence-corrected chi connectivity index (χ4v) is 2.01. The van der Waals surface area contributed by atoms with Crippen molar-refractivity contribution in [3.8, 4) is 0 Å². The van der Waals surface area contributed by atoms with E-state index in [-0.39, 0.29) is 11.9 Å². The number of halogens is 2. The maximum Gasteiger partial charge on any atom is 0.123 e. The van der Waals surface area contributed by atoms with Crippen molar-refractivity contribution in [2.45, 2.75) is 19.5 Å². The Kier molecular flexibility index (Phi) is 4.50. The highest BCUT2D eigenvalue weighted by Gasteiger charge is 2.04. The molecule has 1 N–H and O–H groups in total. The molecule has 0 unspecified atom stereocenters. The van der Waals surface area contributed by atoms with Crippen molar-refractivity contribution in [2.75, 3.05) is 0 Å². The summed E-state index contributed by atoms with van der Waals surface area (Å²) in [5, 5.41) is 3.42. The van der Waals surface area contributed by atoms with Crippen LogP contribution in [0.4, 0.5) is 4.39 Å². The second-order valence-corrected chi connectivity index (χ2v) is 5.20. The van der Waals surface area contributed by atoms with E-state index in [0.29, 0.717) is 0 Å². The summed E-state index contributed by atoms with van der Waals surface area (Å²) in [6.07, 6.45) is 0. The van der Waals surface area contributed by atoms with Gasteiger partial charge in [-0.15, -0.1) is 0 Å². The van der Waals surface area contributed by atoms with Gasteiger partial charge in [0.25, 0.3) is 0 Å². The number of benzene rings is 2. The lowest BCUT2D eigenvalue weighted by Gasteiger charge is -2.14. The van der Waals surface area contributed by atoms with Crippen LogP contribution in [0, 0.1) is 5.82 Å². The predicted octanol–water partition coefficient (Wildman–Crippen LogP) is 4.44. The fourth-order valence-electron chi connectivity index (χ4n) is 1.74. The maximum absolute atomic E-state index is 12.8. The van der Waals surface area contributed by atoms with E-state index in [2.05, 4.69) is 40.3 Å². The third-order valence-electron chi connectivity index (χ3n) is 2.90. The van der Waals surface area contributed by atoms with Gasteiger partial charge >= 0.3 is 0 Å². The Hall–Kier alpha value is -1.19. The Morgan fingerprint density at radius 2 is 1.67 bits per heavy atom. The molecule has 0 bridgehead atoms. The lowest BCUT2D eigenvalue weighted by Crippen LogP contribution is -2.17. The first-order valence-electron chi connectivity index (χ1n) is 5.88. The first-order chi connectivity index (χ1) is 8.65. The third-order valence-corrected chi connectivity index (χ3v) is 3.42. The Bertz CT molecular complexity index is 493. The minimum Gasteiger partial charge on any atom is -0.306 e. The first-order valence-corrected chi connectivity index (χ1v) is 6.68. The minimum atomic E-state index is -0.195. The molecule has 0 saturated heterocycles. The van der Waals surface area contributed by atoms with E-state index in [1.807, 2.05) is 12.1 Å². The molecular formula is C15H15BrFN. The standard InChI is InChI=1S/C15H15BrFN/c1-11(13-4-6-14(16)7-5-13)18-10-12-2-8-15(17)9-3-12/h2-9,11,18H,10H2,1H3/t11-/m0/s1. The largest absolute Gasteiger partial charge is 0.306 e. The van der Waals surface area contributed by atoms with Crippen molar-refractivity contribution in [1.82, 2.24) is 5.32 Å². The molecule has 0 spiro atoms. The zero-order chi connectivity index (χ0) is 13.0. The lowest BCUT2D eigenvalue weighted by molar-refractivity contribution is 0.573. The molecule has 2 rings (SSSR count). The Morgan fingerprint density at radius 3 is 2.28 bits per heavy atom. The number of hydrogen-bond donors (Lipinski definition) is 1. The van der Waals surface area contributed by atoms with Gasteiger partial charge in [-0.1, -0.05) is 40.2 Å². The summed E-state index contributed by atoms with van der Waals surface area (Å²) < 4.78 is 13.8. The van der Waals surface area contributed by atoms with E-state index in [1.54, 1.807) is 12.1 Å². The summed E-state index contributed by atoms with van der Waals surface area (Å²) in [5.41, 5.74) is 2.32. The highest BCUT2D eigenvalue weighted by atomic mass is 79.9. The van der Waals surface area contributed by atoms with Crippen LogP contribution in [0.5, 0.6) is 0 Å². The second-order valence-electron chi connectivity index (χ2n) is 4.28. The van der Waals surface area contributed by atoms with Crippen LogP contribution in [0.25, 0.3) is 0 Å². The highest BCUT2D eigenvalue weighted by Crippen LogP contribution is 2.17. The van der Waals surface area contributed by atoms with Gasteiger partial charge in [0.1, 0.15) is 5.82 Å². The van der Waals surface area contributed by atoms with Crippen molar-refractivity contribution in [1.29, 1.82) is 0 Å². The van der Waals surface area contributed by atoms with Gasteiger partial charge in [0.05, 0.1) is 0 Å². The van der Waals surface area contributed by atoms with Crippen LogP contribution >= 0.6 is 15.9 Å². The summed E-state index contributed by atoms with van der Waals surface area (Å²) in [6.45, 7) is 2.85. The summed E-state index contributed by atoms with van der Waals surface area (Å²) >= 11 is 3.42. The van der Waals surface area contributed by atoms with E-state index in [1.165, 1.54) is 17.7 Å². The molecule has 0 amide bonds. The molecule has 0 aromatic heterocycles. The quantitative estimate of drug-likeness (QED) is 0.880. The molecule has 3 heteroatoms. The Labute approximate surface area is 115 Å². The minimum absolute atomic E-state index is 0.195. The molecule has 0 saturated carbocycles. The molecular weight excluding hydrogens is 293 g/mol. The molecule has 0 radical (unpaired) electrons. The van der Waals surface area contributed by atoms with Gasteiger partial charge in [0.15, 0.2) is 0 Å². The van der Waals surface area contributed by atoms with Crippen LogP contribution < -0.4 is 5.32 Å². The molecule has 0 heterocycles. The molecule has 0 fully saturated rings. The van der Waals surface area contributed by atoms with E-state index in [4.69, 9.17) is 0 Å². The highest BCUT2D eigenvalue weighted by molar-refractivity contribution is 9.10. The van der Waals surface area contributed by atoms with Crippen molar-refractivity contribution >= 4 is 15.9 Å². The molecule has 1 atom stereocenters. The Balaban J connectivity index is 1.93. The molecule has 18 heavy (non-hydrogen) atoms. The third kappa shape index (κ3) is 3.65. The van der Waals surface area contributed by atoms with Gasteiger partial charge in [0.2, 0.25) is 0 Å². The number of rotatable bonds is 4. The van der Waals surface area contributed by atoms with Crippen LogP contribution in [0.3, 0.4) is 0 Å². The molecule has 0 aliphatic heterocycles. The molecule has 2 aromatic carbocycles. The van der Waals surface area contributed by atoms with Gasteiger partial charge in [-0.2, -0.15) is 0 Å². The predicted molar refractivity (Wildman–Crippen MR) is 75.8 cm³/mol. The van der Waals surface area contributed by atoms with E-state index in [0.717, 1.165) is 16.6 Å². The first kappa shape index (κ1) is 13.2. The number of nitrogens with one attached hydrogen (secondary N) is 1. The van der Waals surface area contributed by atoms with E-state index in [9.17, 15) is 4.39 Å². The van der Waals surface area contributed by atoms with Crippen molar-refractivity contribution < 1.29 is 4.39 Å². The van der Waals surface area contributed by atoms with Crippen molar-refractivity contribution in [3.05, 3.63) is 69.9 Å². The van der Waals surface area contributed by atoms with E-state index < -0.39 is 0 Å². The lowest BCUT2D eigenvalue weighted by atomic mass is 10.1. The van der Waals surface area contributed by atoms with Gasteiger partial charge in [0, 0.05) is 17.1 Å². The van der Waals surface area contributed by atoms with Crippen molar-refractivity contribution in [2.24, 2.45) is 0 Å². The van der Waals surface area contributed by atoms with Gasteiger partial charge in [-0.3, -0.25) is 0 Å². The van der Waals surface area contributed by atoms with Crippen LogP contribution in [0.2, 0.25) is 0 Å². The monoisotopic (exact) mass is 307 g/mol. The summed E-state index contributed by atoms with van der Waals surface area (Å²) in [4.78, 5) is 0. The maximum atomic E-state index is 12.8. The van der Waals surface area contributed by atoms with E-state index >= 15 is 0 Å². The van der Waals surface area contributed by atoms with Crippen LogP contribution in [-0.4, -0.2) is 0 Å². The van der Waals surface area contributed by atoms with Crippen molar-refractivity contribution in [3.63, 3.8) is 0 Å². The fraction of sp³-hybridized carbons (Fsp3) is 0.200. The SMILES string of the molecule is C[C@H](NCc1ccc(F)cc1)c1ccc(Br)cc1. The van der Waals surface area contributed by atoms with Gasteiger partial charge < -0.3 is 5.32 Å². The normalized spacial score (nSPS) is 12.4. The average molecular weight is 308 g/mol. The smallest absolute Gasteiger partial charge is 0.123 e. The average Bonchev–Trinajstić information content (AvgIpc) is 2.38. The van der Waals surface area contributed by atoms with Gasteiger partial charge in [-0.05, 0) is 42.3 Å². The summed E-state index contributed by atoms with van der Waals surface area (Å²) in [7, 11) is 0. The zero-order valence-corrected chi connectivity index (χ0v) is 11.7. The molecule has 1 nitrogen and oxygen atoms in total. The number of hydrogen-bond acceptors (Lipinski definition) is 1. The van der Waals surface area contributed by atoms with Crippen LogP contribution in [0.1, 0.15) is 24.1 Å². The topological polar surface area (TPSA) is 12.0 Å². The van der Waals surface area contributed by atoms with Gasteiger partial charge in [-0.25, -0.2) is 4.39 Å². The molecule has 0 aliphatic rings. The molecule has 94 valence electrons. The molecule has 0 aliphatic carbocycles. The second kappa shape index (κ2) is 6.12. The molecule has 2 aromatic rings. The zero-order valence-electron chi connectivity index (χ0n) is 10.2. The summed E-state index contributed by atoms with van der Waals surface area (Å²) in [5.74, 6) is -0.195.